The zero-order chi connectivity index (χ0) is 49.0. The fraction of sp³-hybridized carbons (Fsp3) is 0.551. The molecule has 2 N–H and O–H groups in total. The minimum atomic E-state index is -0.572. The number of amides is 2. The summed E-state index contributed by atoms with van der Waals surface area (Å²) >= 11 is 9.76. The Morgan fingerprint density at radius 1 is 0.794 bits per heavy atom. The van der Waals surface area contributed by atoms with Gasteiger partial charge in [0.25, 0.3) is 11.8 Å². The highest BCUT2D eigenvalue weighted by Crippen LogP contribution is 2.47. The summed E-state index contributed by atoms with van der Waals surface area (Å²) in [5.41, 5.74) is 2.85. The lowest BCUT2D eigenvalue weighted by Gasteiger charge is -2.33. The molecule has 3 aromatic rings. The average Bonchev–Trinajstić information content (AvgIpc) is 4.25. The van der Waals surface area contributed by atoms with Crippen LogP contribution in [0.1, 0.15) is 141 Å². The van der Waals surface area contributed by atoms with Crippen LogP contribution in [-0.2, 0) is 10.8 Å². The molecule has 2 amide bonds. The molecule has 2 aliphatic heterocycles. The highest BCUT2D eigenvalue weighted by Gasteiger charge is 2.33. The Morgan fingerprint density at radius 3 is 1.75 bits per heavy atom. The van der Waals surface area contributed by atoms with Crippen molar-refractivity contribution in [3.05, 3.63) is 105 Å². The van der Waals surface area contributed by atoms with Gasteiger partial charge in [0.15, 0.2) is 0 Å². The number of nitrogens with one attached hydrogen (secondary N) is 2. The van der Waals surface area contributed by atoms with Crippen LogP contribution >= 0.6 is 61.2 Å². The van der Waals surface area contributed by atoms with Crippen molar-refractivity contribution >= 4 is 73.0 Å². The average molecular weight is 1050 g/mol. The number of allylic oxidation sites excluding steroid dienone is 2. The van der Waals surface area contributed by atoms with E-state index < -0.39 is 23.4 Å². The van der Waals surface area contributed by atoms with Gasteiger partial charge in [0.1, 0.15) is 53.4 Å². The summed E-state index contributed by atoms with van der Waals surface area (Å²) in [4.78, 5) is 26.5. The van der Waals surface area contributed by atoms with Crippen LogP contribution in [0.25, 0.3) is 0 Å². The molecule has 2 atom stereocenters. The van der Waals surface area contributed by atoms with E-state index in [9.17, 15) is 27.2 Å². The molecule has 10 nitrogen and oxygen atoms in total. The van der Waals surface area contributed by atoms with Crippen molar-refractivity contribution < 1.29 is 40.9 Å². The Morgan fingerprint density at radius 2 is 1.31 bits per heavy atom. The second-order valence-electron chi connectivity index (χ2n) is 16.6. The van der Waals surface area contributed by atoms with Crippen molar-refractivity contribution in [2.24, 2.45) is 0 Å². The third kappa shape index (κ3) is 19.4. The summed E-state index contributed by atoms with van der Waals surface area (Å²) in [5, 5.41) is 2.30. The fourth-order valence-corrected chi connectivity index (χ4v) is 8.65. The molecule has 3 aromatic carbocycles. The second kappa shape index (κ2) is 30.8. The number of hydrogen-bond donors (Lipinski definition) is 2. The van der Waals surface area contributed by atoms with Gasteiger partial charge in [-0.25, -0.2) is 26.2 Å². The topological polar surface area (TPSA) is 95.6 Å². The minimum Gasteiger partial charge on any atom is -0.489 e. The van der Waals surface area contributed by atoms with Crippen LogP contribution < -0.4 is 18.9 Å². The summed E-state index contributed by atoms with van der Waals surface area (Å²) < 4.78 is 79.7. The molecule has 2 unspecified atom stereocenters. The summed E-state index contributed by atoms with van der Waals surface area (Å²) in [5.74, 6) is -0.555. The molecule has 0 spiro atoms. The predicted octanol–water partition coefficient (Wildman–Crippen LogP) is 13.0. The predicted molar refractivity (Wildman–Crippen MR) is 278 cm³/mol. The van der Waals surface area contributed by atoms with Crippen molar-refractivity contribution in [2.75, 3.05) is 52.8 Å². The van der Waals surface area contributed by atoms with E-state index in [1.165, 1.54) is 36.5 Å². The van der Waals surface area contributed by atoms with Crippen LogP contribution in [-0.4, -0.2) is 91.1 Å². The van der Waals surface area contributed by atoms with Gasteiger partial charge >= 0.3 is 0 Å². The van der Waals surface area contributed by atoms with Gasteiger partial charge in [-0.05, 0) is 138 Å². The maximum Gasteiger partial charge on any atom is 0.264 e. The SMILES string of the molecule is CC.CC/C=C(/F)CC.CSNC(=O)c1cc(C2CC2)c(OC2CCCN(Cc3ccc(F)cc3Cl)C2)cc1F.CSNC(=O)c1cc(C2CC2)c(OC2CCCN(OSN(C)C)C2)cc1F.S. The lowest BCUT2D eigenvalue weighted by atomic mass is 10.0. The molecule has 0 bridgehead atoms. The molecule has 0 aromatic heterocycles. The zero-order valence-electron chi connectivity index (χ0n) is 40.5. The van der Waals surface area contributed by atoms with Gasteiger partial charge in [-0.1, -0.05) is 75.3 Å². The second-order valence-corrected chi connectivity index (χ2v) is 19.2. The van der Waals surface area contributed by atoms with Crippen molar-refractivity contribution in [3.63, 3.8) is 0 Å². The summed E-state index contributed by atoms with van der Waals surface area (Å²) in [6.07, 6.45) is 14.0. The third-order valence-electron chi connectivity index (χ3n) is 11.0. The van der Waals surface area contributed by atoms with Crippen LogP contribution in [0.4, 0.5) is 17.6 Å². The van der Waals surface area contributed by atoms with E-state index in [0.29, 0.717) is 54.4 Å². The lowest BCUT2D eigenvalue weighted by Crippen LogP contribution is -2.40. The smallest absolute Gasteiger partial charge is 0.264 e. The molecule has 68 heavy (non-hydrogen) atoms. The van der Waals surface area contributed by atoms with Crippen molar-refractivity contribution in [1.82, 2.24) is 23.7 Å². The molecule has 4 fully saturated rings. The molecule has 2 saturated heterocycles. The van der Waals surface area contributed by atoms with Gasteiger partial charge in [-0.3, -0.25) is 23.9 Å². The number of hydrogen-bond acceptors (Lipinski definition) is 11. The van der Waals surface area contributed by atoms with Crippen LogP contribution in [0.5, 0.6) is 11.5 Å². The van der Waals surface area contributed by atoms with Gasteiger partial charge in [0.05, 0.1) is 23.5 Å². The van der Waals surface area contributed by atoms with Gasteiger partial charge in [0, 0.05) is 49.3 Å². The molecule has 2 aliphatic carbocycles. The first-order valence-corrected chi connectivity index (χ1v) is 26.7. The zero-order valence-corrected chi connectivity index (χ0v) is 44.7. The van der Waals surface area contributed by atoms with Crippen LogP contribution in [0.15, 0.2) is 54.4 Å². The number of hydroxylamine groups is 2. The van der Waals surface area contributed by atoms with Gasteiger partial charge in [0.2, 0.25) is 0 Å². The molecule has 2 heterocycles. The molecule has 380 valence electrons. The van der Waals surface area contributed by atoms with Crippen molar-refractivity contribution in [3.8, 4) is 11.5 Å². The molecule has 4 aliphatic rings. The number of nitrogens with zero attached hydrogens (tertiary/aromatic N) is 3. The number of ether oxygens (including phenoxy) is 2. The number of piperidine rings is 2. The Bertz CT molecular complexity index is 2090. The Labute approximate surface area is 426 Å². The van der Waals surface area contributed by atoms with Crippen LogP contribution in [0.2, 0.25) is 5.02 Å². The molecule has 0 radical (unpaired) electrons. The standard InChI is InChI=1S/C23H25ClF2N2O2S.C18H26FN3O3S2.C6H11F.C2H6.H2S/c1-31-27-23(29)19-10-18(14-4-5-14)22(11-21(19)26)30-17-3-2-8-28(13-17)12-15-6-7-16(25)9-20(15)24;1-21(2)27-25-22-8-4-5-13(11-22)24-17-10-16(19)15(18(23)20-26-3)9-14(17)12-6-7-12;1-3-5-6(7)4-2;1-2;/h6-7,9-11,14,17H,2-5,8,12-13H2,1H3,(H,27,29);9-10,12-13H,4-8,11H2,1-3H3,(H,20,23);5H,3-4H2,1-2H3;1-2H3;1H2/b;;6-5+;;. The Kier molecular flexibility index (Phi) is 27.0. The van der Waals surface area contributed by atoms with Crippen LogP contribution in [0.3, 0.4) is 0 Å². The summed E-state index contributed by atoms with van der Waals surface area (Å²) in [6, 6.07) is 10.5. The Hall–Kier alpha value is -2.81. The number of rotatable bonds is 17. The highest BCUT2D eigenvalue weighted by molar-refractivity contribution is 7.97. The molecular weight excluding hydrogens is 978 g/mol. The molecule has 2 saturated carbocycles. The molecule has 7 rings (SSSR count). The molecular formula is C49H70ClF4N5O5S4. The van der Waals surface area contributed by atoms with E-state index in [0.717, 1.165) is 111 Å². The van der Waals surface area contributed by atoms with Gasteiger partial charge in [-0.2, -0.15) is 18.6 Å². The van der Waals surface area contributed by atoms with E-state index >= 15 is 0 Å². The van der Waals surface area contributed by atoms with E-state index in [4.69, 9.17) is 25.4 Å². The largest absolute Gasteiger partial charge is 0.489 e. The van der Waals surface area contributed by atoms with E-state index in [1.807, 2.05) is 51.2 Å². The number of likely N-dealkylation sites (tertiary alicyclic amines) is 1. The van der Waals surface area contributed by atoms with Gasteiger partial charge < -0.3 is 9.47 Å². The highest BCUT2D eigenvalue weighted by atomic mass is 35.5. The number of carbonyl (C=O) groups is 2. The Balaban J connectivity index is 0.000000304. The first-order chi connectivity index (χ1) is 32.2. The van der Waals surface area contributed by atoms with E-state index in [1.54, 1.807) is 36.8 Å². The summed E-state index contributed by atoms with van der Waals surface area (Å²) in [7, 11) is 3.84. The number of benzene rings is 3. The van der Waals surface area contributed by atoms with Crippen molar-refractivity contribution in [1.29, 1.82) is 0 Å². The monoisotopic (exact) mass is 1050 g/mol. The number of halogens is 5. The normalized spacial score (nSPS) is 18.4. The molecule has 19 heteroatoms. The quantitative estimate of drug-likeness (QED) is 0.0769. The number of carbonyl (C=O) groups excluding carboxylic acids is 2. The van der Waals surface area contributed by atoms with Crippen LogP contribution in [0, 0.1) is 17.5 Å². The summed E-state index contributed by atoms with van der Waals surface area (Å²) in [6.45, 7) is 11.4. The lowest BCUT2D eigenvalue weighted by molar-refractivity contribution is -0.0872. The maximum absolute atomic E-state index is 14.7. The fourth-order valence-electron chi connectivity index (χ4n) is 7.47. The third-order valence-corrected chi connectivity index (χ3v) is 12.7. The minimum absolute atomic E-state index is 0. The van der Waals surface area contributed by atoms with E-state index in [-0.39, 0.29) is 48.5 Å². The van der Waals surface area contributed by atoms with E-state index in [2.05, 4.69) is 14.3 Å². The van der Waals surface area contributed by atoms with Gasteiger partial charge in [-0.15, -0.1) is 0 Å². The first-order valence-electron chi connectivity index (χ1n) is 23.2. The maximum atomic E-state index is 14.7. The first kappa shape index (κ1) is 59.5. The van der Waals surface area contributed by atoms with Crippen molar-refractivity contribution in [2.45, 2.75) is 122 Å².